The average Bonchev–Trinajstić information content (AvgIpc) is 2.41. The molecule has 1 heterocycles. The van der Waals surface area contributed by atoms with Crippen molar-refractivity contribution in [1.29, 1.82) is 0 Å². The first-order valence-electron chi connectivity index (χ1n) is 7.46. The highest BCUT2D eigenvalue weighted by atomic mass is 127. The van der Waals surface area contributed by atoms with Gasteiger partial charge in [0, 0.05) is 11.5 Å². The molecule has 2 nitrogen and oxygen atoms in total. The number of aromatic hydroxyl groups is 1. The van der Waals surface area contributed by atoms with Crippen LogP contribution in [0.1, 0.15) is 43.2 Å². The summed E-state index contributed by atoms with van der Waals surface area (Å²) in [5.74, 6) is 1.27. The molecule has 2 bridgehead atoms. The number of halogens is 1. The van der Waals surface area contributed by atoms with Crippen LogP contribution in [0.3, 0.4) is 0 Å². The zero-order valence-corrected chi connectivity index (χ0v) is 13.2. The lowest BCUT2D eigenvalue weighted by Gasteiger charge is -2.56. The molecule has 3 unspecified atom stereocenters. The number of rotatable bonds is 0. The van der Waals surface area contributed by atoms with Crippen molar-refractivity contribution in [2.24, 2.45) is 5.92 Å². The van der Waals surface area contributed by atoms with Crippen LogP contribution < -0.4 is 5.32 Å². The molecular weight excluding hydrogens is 349 g/mol. The van der Waals surface area contributed by atoms with Crippen molar-refractivity contribution in [3.8, 4) is 5.75 Å². The molecule has 3 heteroatoms. The number of hydrogen-bond donors (Lipinski definition) is 2. The predicted molar refractivity (Wildman–Crippen MR) is 84.6 cm³/mol. The van der Waals surface area contributed by atoms with Crippen molar-refractivity contribution in [3.05, 3.63) is 26.8 Å². The second kappa shape index (κ2) is 4.35. The van der Waals surface area contributed by atoms with Crippen molar-refractivity contribution in [2.45, 2.75) is 50.0 Å². The lowest BCUT2D eigenvalue weighted by atomic mass is 9.53. The van der Waals surface area contributed by atoms with Gasteiger partial charge in [0.1, 0.15) is 5.75 Å². The predicted octanol–water partition coefficient (Wildman–Crippen LogP) is 3.34. The highest BCUT2D eigenvalue weighted by Crippen LogP contribution is 2.54. The highest BCUT2D eigenvalue weighted by Gasteiger charge is 2.51. The van der Waals surface area contributed by atoms with Gasteiger partial charge < -0.3 is 10.4 Å². The summed E-state index contributed by atoms with van der Waals surface area (Å²) in [6.45, 7) is 1.15. The SMILES string of the molecule is Oc1cc2c(cc1I)CC1NCCC23CCCCC13. The molecule has 0 radical (unpaired) electrons. The summed E-state index contributed by atoms with van der Waals surface area (Å²) < 4.78 is 1.00. The molecule has 2 aliphatic carbocycles. The smallest absolute Gasteiger partial charge is 0.129 e. The minimum Gasteiger partial charge on any atom is -0.507 e. The third-order valence-corrected chi connectivity index (χ3v) is 6.57. The zero-order chi connectivity index (χ0) is 13.0. The Hall–Kier alpha value is -0.290. The number of benzene rings is 1. The van der Waals surface area contributed by atoms with Crippen molar-refractivity contribution in [1.82, 2.24) is 5.32 Å². The number of fused-ring (bicyclic) bond motifs is 1. The standard InChI is InChI=1S/C16H20INO/c17-13-7-10-8-14-11-3-1-2-4-16(11,5-6-18-14)12(10)9-15(13)19/h7,9,11,14,18-19H,1-6,8H2. The van der Waals surface area contributed by atoms with Gasteiger partial charge in [-0.2, -0.15) is 0 Å². The fourth-order valence-corrected chi connectivity index (χ4v) is 5.47. The van der Waals surface area contributed by atoms with E-state index in [-0.39, 0.29) is 0 Å². The van der Waals surface area contributed by atoms with Gasteiger partial charge in [0.15, 0.2) is 0 Å². The second-order valence-corrected chi connectivity index (χ2v) is 7.65. The van der Waals surface area contributed by atoms with E-state index in [2.05, 4.69) is 40.0 Å². The zero-order valence-electron chi connectivity index (χ0n) is 11.1. The van der Waals surface area contributed by atoms with E-state index in [9.17, 15) is 5.11 Å². The maximum absolute atomic E-state index is 10.1. The summed E-state index contributed by atoms with van der Waals surface area (Å²) in [6, 6.07) is 4.98. The minimum atomic E-state index is 0.365. The molecule has 0 spiro atoms. The Bertz CT molecular complexity index is 526. The van der Waals surface area contributed by atoms with E-state index in [1.807, 2.05) is 0 Å². The Balaban J connectivity index is 1.92. The van der Waals surface area contributed by atoms with Crippen LogP contribution in [0.25, 0.3) is 0 Å². The molecule has 102 valence electrons. The van der Waals surface area contributed by atoms with Crippen molar-refractivity contribution >= 4 is 22.6 Å². The fraction of sp³-hybridized carbons (Fsp3) is 0.625. The van der Waals surface area contributed by atoms with Crippen LogP contribution in [-0.2, 0) is 11.8 Å². The molecular formula is C16H20INO. The first-order valence-corrected chi connectivity index (χ1v) is 8.54. The van der Waals surface area contributed by atoms with E-state index in [1.54, 1.807) is 0 Å². The lowest BCUT2D eigenvalue weighted by Crippen LogP contribution is -2.59. The molecule has 3 aliphatic rings. The van der Waals surface area contributed by atoms with E-state index in [1.165, 1.54) is 43.2 Å². The first kappa shape index (κ1) is 12.5. The van der Waals surface area contributed by atoms with Gasteiger partial charge in [-0.3, -0.25) is 0 Å². The van der Waals surface area contributed by atoms with Gasteiger partial charge in [0.2, 0.25) is 0 Å². The molecule has 0 aromatic heterocycles. The van der Waals surface area contributed by atoms with Gasteiger partial charge in [-0.1, -0.05) is 12.8 Å². The summed E-state index contributed by atoms with van der Waals surface area (Å²) in [7, 11) is 0. The molecule has 19 heavy (non-hydrogen) atoms. The largest absolute Gasteiger partial charge is 0.507 e. The van der Waals surface area contributed by atoms with Gasteiger partial charge >= 0.3 is 0 Å². The summed E-state index contributed by atoms with van der Waals surface area (Å²) in [5.41, 5.74) is 3.33. The number of phenolic OH excluding ortho intramolecular Hbond substituents is 1. The molecule has 1 aromatic carbocycles. The topological polar surface area (TPSA) is 32.3 Å². The third-order valence-electron chi connectivity index (χ3n) is 5.71. The van der Waals surface area contributed by atoms with Crippen LogP contribution >= 0.6 is 22.6 Å². The molecule has 1 aliphatic heterocycles. The van der Waals surface area contributed by atoms with E-state index in [0.717, 1.165) is 22.5 Å². The summed E-state index contributed by atoms with van der Waals surface area (Å²) in [4.78, 5) is 0. The van der Waals surface area contributed by atoms with Crippen molar-refractivity contribution in [2.75, 3.05) is 6.54 Å². The first-order chi connectivity index (χ1) is 9.21. The Labute approximate surface area is 128 Å². The number of hydrogen-bond acceptors (Lipinski definition) is 2. The van der Waals surface area contributed by atoms with Crippen LogP contribution in [0.5, 0.6) is 5.75 Å². The Morgan fingerprint density at radius 3 is 3.05 bits per heavy atom. The maximum Gasteiger partial charge on any atom is 0.129 e. The quantitative estimate of drug-likeness (QED) is 0.688. The lowest BCUT2D eigenvalue weighted by molar-refractivity contribution is 0.0795. The molecule has 0 amide bonds. The van der Waals surface area contributed by atoms with Gasteiger partial charge in [0.05, 0.1) is 3.57 Å². The Kier molecular flexibility index (Phi) is 2.85. The molecule has 2 fully saturated rings. The molecule has 1 saturated carbocycles. The van der Waals surface area contributed by atoms with E-state index in [4.69, 9.17) is 0 Å². The van der Waals surface area contributed by atoms with Crippen LogP contribution in [0.15, 0.2) is 12.1 Å². The third kappa shape index (κ3) is 1.70. The van der Waals surface area contributed by atoms with Crippen molar-refractivity contribution < 1.29 is 5.11 Å². The molecule has 1 aromatic rings. The van der Waals surface area contributed by atoms with E-state index in [0.29, 0.717) is 17.2 Å². The fourth-order valence-electron chi connectivity index (χ4n) is 4.94. The summed E-state index contributed by atoms with van der Waals surface area (Å²) in [5, 5.41) is 13.9. The number of phenols is 1. The molecule has 4 rings (SSSR count). The monoisotopic (exact) mass is 369 g/mol. The van der Waals surface area contributed by atoms with Gasteiger partial charge in [-0.25, -0.2) is 0 Å². The summed E-state index contributed by atoms with van der Waals surface area (Å²) in [6.07, 6.45) is 7.83. The maximum atomic E-state index is 10.1. The van der Waals surface area contributed by atoms with Crippen LogP contribution in [0, 0.1) is 9.49 Å². The molecule has 2 N–H and O–H groups in total. The number of nitrogens with one attached hydrogen (secondary N) is 1. The molecule has 1 saturated heterocycles. The van der Waals surface area contributed by atoms with Gasteiger partial charge in [-0.05, 0) is 84.0 Å². The van der Waals surface area contributed by atoms with Crippen LogP contribution in [0.4, 0.5) is 0 Å². The summed E-state index contributed by atoms with van der Waals surface area (Å²) >= 11 is 2.25. The Morgan fingerprint density at radius 2 is 2.16 bits per heavy atom. The second-order valence-electron chi connectivity index (χ2n) is 6.48. The number of piperidine rings is 1. The van der Waals surface area contributed by atoms with E-state index < -0.39 is 0 Å². The van der Waals surface area contributed by atoms with Gasteiger partial charge in [-0.15, -0.1) is 0 Å². The highest BCUT2D eigenvalue weighted by molar-refractivity contribution is 14.1. The van der Waals surface area contributed by atoms with E-state index >= 15 is 0 Å². The Morgan fingerprint density at radius 1 is 1.26 bits per heavy atom. The van der Waals surface area contributed by atoms with Gasteiger partial charge in [0.25, 0.3) is 0 Å². The minimum absolute atomic E-state index is 0.365. The average molecular weight is 369 g/mol. The van der Waals surface area contributed by atoms with Crippen molar-refractivity contribution in [3.63, 3.8) is 0 Å². The molecule has 3 atom stereocenters. The van der Waals surface area contributed by atoms with Crippen LogP contribution in [0.2, 0.25) is 0 Å². The van der Waals surface area contributed by atoms with Crippen LogP contribution in [-0.4, -0.2) is 17.7 Å². The normalized spacial score (nSPS) is 36.5.